The first-order chi connectivity index (χ1) is 9.14. The van der Waals surface area contributed by atoms with Gasteiger partial charge in [0.1, 0.15) is 4.90 Å². The van der Waals surface area contributed by atoms with E-state index in [0.717, 1.165) is 12.8 Å². The average molecular weight is 301 g/mol. The summed E-state index contributed by atoms with van der Waals surface area (Å²) in [5.41, 5.74) is -0.221. The number of H-pyrrole nitrogens is 1. The van der Waals surface area contributed by atoms with Gasteiger partial charge in [-0.1, -0.05) is 13.8 Å². The van der Waals surface area contributed by atoms with Crippen molar-refractivity contribution in [2.45, 2.75) is 57.0 Å². The minimum Gasteiger partial charge on any atom is -0.389 e. The zero-order valence-corrected chi connectivity index (χ0v) is 13.0. The fourth-order valence-corrected chi connectivity index (χ4v) is 3.74. The van der Waals surface area contributed by atoms with Crippen molar-refractivity contribution < 1.29 is 13.5 Å². The Morgan fingerprint density at radius 3 is 2.45 bits per heavy atom. The molecular weight excluding hydrogens is 278 g/mol. The van der Waals surface area contributed by atoms with Crippen LogP contribution in [0.2, 0.25) is 0 Å². The van der Waals surface area contributed by atoms with E-state index in [2.05, 4.69) is 28.8 Å². The second-order valence-electron chi connectivity index (χ2n) is 6.57. The average Bonchev–Trinajstić information content (AvgIpc) is 2.79. The van der Waals surface area contributed by atoms with Gasteiger partial charge < -0.3 is 5.11 Å². The van der Waals surface area contributed by atoms with Gasteiger partial charge in [0.05, 0.1) is 17.5 Å². The summed E-state index contributed by atoms with van der Waals surface area (Å²) in [4.78, 5) is 0.136. The zero-order chi connectivity index (χ0) is 15.0. The predicted octanol–water partition coefficient (Wildman–Crippen LogP) is 1.33. The molecule has 1 aliphatic rings. The lowest BCUT2D eigenvalue weighted by molar-refractivity contribution is -0.0205. The molecule has 6 nitrogen and oxygen atoms in total. The van der Waals surface area contributed by atoms with Crippen LogP contribution < -0.4 is 4.72 Å². The van der Waals surface area contributed by atoms with Gasteiger partial charge >= 0.3 is 0 Å². The van der Waals surface area contributed by atoms with Crippen LogP contribution in [0.3, 0.4) is 0 Å². The number of hydrogen-bond donors (Lipinski definition) is 3. The minimum absolute atomic E-state index is 0.0516. The lowest BCUT2D eigenvalue weighted by atomic mass is 9.71. The van der Waals surface area contributed by atoms with E-state index in [0.29, 0.717) is 18.5 Å². The molecule has 1 aromatic rings. The molecule has 0 radical (unpaired) electrons. The minimum atomic E-state index is -3.62. The summed E-state index contributed by atoms with van der Waals surface area (Å²) in [6, 6.07) is 0. The van der Waals surface area contributed by atoms with Gasteiger partial charge in [0.15, 0.2) is 0 Å². The second-order valence-corrected chi connectivity index (χ2v) is 8.31. The van der Waals surface area contributed by atoms with Gasteiger partial charge in [-0.15, -0.1) is 0 Å². The van der Waals surface area contributed by atoms with Crippen molar-refractivity contribution in [2.75, 3.05) is 6.54 Å². The fraction of sp³-hybridized carbons (Fsp3) is 0.769. The normalized spacial score (nSPS) is 21.8. The molecule has 0 unspecified atom stereocenters. The largest absolute Gasteiger partial charge is 0.389 e. The Morgan fingerprint density at radius 1 is 1.35 bits per heavy atom. The third-order valence-corrected chi connectivity index (χ3v) is 5.71. The molecule has 0 atom stereocenters. The van der Waals surface area contributed by atoms with Crippen molar-refractivity contribution >= 4 is 10.0 Å². The first-order valence-electron chi connectivity index (χ1n) is 6.86. The van der Waals surface area contributed by atoms with Gasteiger partial charge in [-0.25, -0.2) is 13.1 Å². The third-order valence-electron chi connectivity index (χ3n) is 4.20. The highest BCUT2D eigenvalue weighted by Gasteiger charge is 2.37. The number of aliphatic hydroxyl groups is 1. The van der Waals surface area contributed by atoms with E-state index >= 15 is 0 Å². The Kier molecular flexibility index (Phi) is 3.96. The molecule has 20 heavy (non-hydrogen) atoms. The summed E-state index contributed by atoms with van der Waals surface area (Å²) < 4.78 is 26.8. The molecule has 0 aliphatic heterocycles. The summed E-state index contributed by atoms with van der Waals surface area (Å²) in [7, 11) is -3.62. The van der Waals surface area contributed by atoms with Crippen molar-refractivity contribution in [1.82, 2.24) is 14.9 Å². The molecule has 0 spiro atoms. The van der Waals surface area contributed by atoms with E-state index in [1.165, 1.54) is 6.20 Å². The van der Waals surface area contributed by atoms with Gasteiger partial charge in [-0.05, 0) is 38.0 Å². The topological polar surface area (TPSA) is 95.1 Å². The van der Waals surface area contributed by atoms with E-state index in [4.69, 9.17) is 0 Å². The first-order valence-corrected chi connectivity index (χ1v) is 8.34. The Morgan fingerprint density at radius 2 is 1.95 bits per heavy atom. The molecule has 1 aliphatic carbocycles. The molecule has 0 amide bonds. The number of sulfonamides is 1. The third kappa shape index (κ3) is 3.39. The van der Waals surface area contributed by atoms with Crippen molar-refractivity contribution in [2.24, 2.45) is 5.41 Å². The number of hydrogen-bond acceptors (Lipinski definition) is 4. The zero-order valence-electron chi connectivity index (χ0n) is 12.2. The number of rotatable bonds is 4. The lowest BCUT2D eigenvalue weighted by Gasteiger charge is -2.40. The molecule has 0 bridgehead atoms. The summed E-state index contributed by atoms with van der Waals surface area (Å²) in [6.45, 7) is 6.05. The molecular formula is C13H23N3O3S. The van der Waals surface area contributed by atoms with E-state index < -0.39 is 15.6 Å². The quantitative estimate of drug-likeness (QED) is 0.782. The fourth-order valence-electron chi connectivity index (χ4n) is 2.49. The van der Waals surface area contributed by atoms with Crippen LogP contribution in [0.1, 0.15) is 45.2 Å². The molecule has 2 rings (SSSR count). The van der Waals surface area contributed by atoms with Crippen molar-refractivity contribution in [1.29, 1.82) is 0 Å². The van der Waals surface area contributed by atoms with Crippen LogP contribution in [-0.2, 0) is 10.0 Å². The molecule has 1 aromatic heterocycles. The molecule has 1 heterocycles. The van der Waals surface area contributed by atoms with E-state index in [1.807, 2.05) is 0 Å². The van der Waals surface area contributed by atoms with Gasteiger partial charge in [0, 0.05) is 6.54 Å². The molecule has 1 saturated carbocycles. The lowest BCUT2D eigenvalue weighted by Crippen LogP contribution is -2.46. The second kappa shape index (κ2) is 5.13. The standard InChI is InChI=1S/C13H23N3O3S/c1-10-11(8-14-16-10)20(18,19)15-9-13(17)6-4-12(2,3)5-7-13/h8,15,17H,4-7,9H2,1-3H3,(H,14,16). The number of aryl methyl sites for hydroxylation is 1. The summed E-state index contributed by atoms with van der Waals surface area (Å²) >= 11 is 0. The van der Waals surface area contributed by atoms with Gasteiger partial charge in [0.25, 0.3) is 0 Å². The van der Waals surface area contributed by atoms with Crippen LogP contribution in [0.5, 0.6) is 0 Å². The Hall–Kier alpha value is -0.920. The maximum absolute atomic E-state index is 12.1. The van der Waals surface area contributed by atoms with Crippen molar-refractivity contribution in [3.05, 3.63) is 11.9 Å². The van der Waals surface area contributed by atoms with E-state index in [-0.39, 0.29) is 16.9 Å². The van der Waals surface area contributed by atoms with Gasteiger partial charge in [-0.3, -0.25) is 5.10 Å². The maximum Gasteiger partial charge on any atom is 0.244 e. The molecule has 7 heteroatoms. The number of nitrogens with zero attached hydrogens (tertiary/aromatic N) is 1. The number of nitrogens with one attached hydrogen (secondary N) is 2. The van der Waals surface area contributed by atoms with E-state index in [9.17, 15) is 13.5 Å². The van der Waals surface area contributed by atoms with Gasteiger partial charge in [-0.2, -0.15) is 5.10 Å². The molecule has 3 N–H and O–H groups in total. The maximum atomic E-state index is 12.1. The van der Waals surface area contributed by atoms with E-state index in [1.54, 1.807) is 6.92 Å². The monoisotopic (exact) mass is 301 g/mol. The van der Waals surface area contributed by atoms with Gasteiger partial charge in [0.2, 0.25) is 10.0 Å². The SMILES string of the molecule is Cc1[nH]ncc1S(=O)(=O)NCC1(O)CCC(C)(C)CC1. The van der Waals surface area contributed by atoms with Crippen molar-refractivity contribution in [3.8, 4) is 0 Å². The highest BCUT2D eigenvalue weighted by molar-refractivity contribution is 7.89. The molecule has 114 valence electrons. The molecule has 0 saturated heterocycles. The summed E-state index contributed by atoms with van der Waals surface area (Å²) in [6.07, 6.45) is 4.32. The van der Waals surface area contributed by atoms with Crippen LogP contribution in [0.25, 0.3) is 0 Å². The first kappa shape index (κ1) is 15.5. The Bertz CT molecular complexity index is 567. The van der Waals surface area contributed by atoms with Crippen LogP contribution in [0, 0.1) is 12.3 Å². The van der Waals surface area contributed by atoms with Crippen LogP contribution >= 0.6 is 0 Å². The number of aromatic amines is 1. The van der Waals surface area contributed by atoms with Crippen molar-refractivity contribution in [3.63, 3.8) is 0 Å². The van der Waals surface area contributed by atoms with Crippen LogP contribution in [-0.4, -0.2) is 35.9 Å². The van der Waals surface area contributed by atoms with Crippen LogP contribution in [0.4, 0.5) is 0 Å². The number of aromatic nitrogens is 2. The molecule has 0 aromatic carbocycles. The molecule has 1 fully saturated rings. The van der Waals surface area contributed by atoms with Crippen LogP contribution in [0.15, 0.2) is 11.1 Å². The summed E-state index contributed by atoms with van der Waals surface area (Å²) in [5.74, 6) is 0. The Labute approximate surface area is 120 Å². The Balaban J connectivity index is 2.01. The summed E-state index contributed by atoms with van der Waals surface area (Å²) in [5, 5.41) is 16.8. The highest BCUT2D eigenvalue weighted by atomic mass is 32.2. The predicted molar refractivity (Wildman–Crippen MR) is 75.7 cm³/mol. The highest BCUT2D eigenvalue weighted by Crippen LogP contribution is 2.39. The smallest absolute Gasteiger partial charge is 0.244 e.